The molecule has 2 aromatic heterocycles. The maximum Gasteiger partial charge on any atom is 0.274 e. The minimum absolute atomic E-state index is 0.0581. The summed E-state index contributed by atoms with van der Waals surface area (Å²) in [5, 5.41) is 4.50. The molecule has 0 bridgehead atoms. The predicted octanol–water partition coefficient (Wildman–Crippen LogP) is 1.14. The van der Waals surface area contributed by atoms with Gasteiger partial charge in [-0.3, -0.25) is 9.48 Å². The topological polar surface area (TPSA) is 93.3 Å². The molecule has 4 heterocycles. The van der Waals surface area contributed by atoms with Crippen LogP contribution in [0.4, 0.5) is 0 Å². The fourth-order valence-electron chi connectivity index (χ4n) is 3.68. The van der Waals surface area contributed by atoms with Crippen LogP contribution < -0.4 is 0 Å². The van der Waals surface area contributed by atoms with Gasteiger partial charge in [0.15, 0.2) is 10.7 Å². The summed E-state index contributed by atoms with van der Waals surface area (Å²) in [7, 11) is -3.65. The van der Waals surface area contributed by atoms with Gasteiger partial charge in [-0.05, 0) is 39.2 Å². The highest BCUT2D eigenvalue weighted by Crippen LogP contribution is 2.20. The fourth-order valence-corrected chi connectivity index (χ4v) is 5.03. The lowest BCUT2D eigenvalue weighted by molar-refractivity contribution is 0.0691. The summed E-state index contributed by atoms with van der Waals surface area (Å²) >= 11 is 0. The molecule has 1 amide bonds. The van der Waals surface area contributed by atoms with E-state index in [1.807, 2.05) is 24.6 Å². The normalized spacial score (nSPS) is 18.5. The van der Waals surface area contributed by atoms with Crippen molar-refractivity contribution in [1.82, 2.24) is 28.5 Å². The summed E-state index contributed by atoms with van der Waals surface area (Å²) in [5.74, 6) is -0.122. The van der Waals surface area contributed by atoms with Gasteiger partial charge in [0.05, 0.1) is 6.33 Å². The van der Waals surface area contributed by atoms with Crippen LogP contribution in [0.3, 0.4) is 0 Å². The first-order chi connectivity index (χ1) is 13.4. The molecule has 0 N–H and O–H groups in total. The number of carbonyl (C=O) groups is 1. The first-order valence-electron chi connectivity index (χ1n) is 9.76. The molecule has 0 spiro atoms. The van der Waals surface area contributed by atoms with E-state index in [-0.39, 0.29) is 30.1 Å². The quantitative estimate of drug-likeness (QED) is 0.759. The molecule has 0 atom stereocenters. The molecule has 1 saturated heterocycles. The van der Waals surface area contributed by atoms with Crippen molar-refractivity contribution < 1.29 is 13.2 Å². The van der Waals surface area contributed by atoms with E-state index >= 15 is 0 Å². The van der Waals surface area contributed by atoms with Crippen molar-refractivity contribution in [2.45, 2.75) is 50.7 Å². The molecule has 2 aromatic rings. The minimum atomic E-state index is -3.65. The van der Waals surface area contributed by atoms with Crippen molar-refractivity contribution in [1.29, 1.82) is 0 Å². The monoisotopic (exact) mass is 406 g/mol. The lowest BCUT2D eigenvalue weighted by Crippen LogP contribution is -2.50. The van der Waals surface area contributed by atoms with Gasteiger partial charge in [0, 0.05) is 50.7 Å². The van der Waals surface area contributed by atoms with E-state index in [1.54, 1.807) is 15.7 Å². The molecular weight excluding hydrogens is 380 g/mol. The number of rotatable bonds is 4. The Kier molecular flexibility index (Phi) is 5.00. The van der Waals surface area contributed by atoms with Crippen molar-refractivity contribution in [2.24, 2.45) is 0 Å². The minimum Gasteiger partial charge on any atom is -0.335 e. The number of aromatic nitrogens is 4. The molecule has 10 heteroatoms. The maximum atomic E-state index is 12.8. The Morgan fingerprint density at radius 1 is 1.11 bits per heavy atom. The molecule has 0 aliphatic carbocycles. The number of hydrogen-bond donors (Lipinski definition) is 0. The number of aryl methyl sites for hydroxylation is 2. The Hall–Kier alpha value is -2.20. The molecule has 2 aliphatic rings. The van der Waals surface area contributed by atoms with E-state index in [9.17, 15) is 13.2 Å². The SMILES string of the molecule is CC(C)n1cnc(S(=O)(=O)N2CCN(C(=O)c3cc4n(n3)CCCC4)CC2)c1. The number of sulfonamides is 1. The van der Waals surface area contributed by atoms with Crippen molar-refractivity contribution in [3.63, 3.8) is 0 Å². The van der Waals surface area contributed by atoms with Crippen LogP contribution in [0.15, 0.2) is 23.6 Å². The van der Waals surface area contributed by atoms with Gasteiger partial charge < -0.3 is 9.47 Å². The molecule has 0 saturated carbocycles. The summed E-state index contributed by atoms with van der Waals surface area (Å²) in [4.78, 5) is 18.5. The highest BCUT2D eigenvalue weighted by molar-refractivity contribution is 7.89. The van der Waals surface area contributed by atoms with Gasteiger partial charge in [-0.1, -0.05) is 0 Å². The Morgan fingerprint density at radius 3 is 2.50 bits per heavy atom. The van der Waals surface area contributed by atoms with Crippen LogP contribution >= 0.6 is 0 Å². The molecule has 28 heavy (non-hydrogen) atoms. The van der Waals surface area contributed by atoms with Gasteiger partial charge in [0.25, 0.3) is 15.9 Å². The van der Waals surface area contributed by atoms with Crippen molar-refractivity contribution in [2.75, 3.05) is 26.2 Å². The average Bonchev–Trinajstić information content (AvgIpc) is 3.35. The van der Waals surface area contributed by atoms with Crippen LogP contribution in [0, 0.1) is 0 Å². The van der Waals surface area contributed by atoms with Gasteiger partial charge in [0.2, 0.25) is 0 Å². The highest BCUT2D eigenvalue weighted by atomic mass is 32.2. The number of fused-ring (bicyclic) bond motifs is 1. The summed E-state index contributed by atoms with van der Waals surface area (Å²) in [6.07, 6.45) is 6.27. The number of imidazole rings is 1. The molecule has 152 valence electrons. The molecule has 9 nitrogen and oxygen atoms in total. The second-order valence-corrected chi connectivity index (χ2v) is 9.54. The predicted molar refractivity (Wildman–Crippen MR) is 102 cm³/mol. The van der Waals surface area contributed by atoms with Crippen molar-refractivity contribution >= 4 is 15.9 Å². The summed E-state index contributed by atoms with van der Waals surface area (Å²) in [6.45, 7) is 6.02. The zero-order chi connectivity index (χ0) is 19.9. The number of nitrogens with zero attached hydrogens (tertiary/aromatic N) is 6. The number of hydrogen-bond acceptors (Lipinski definition) is 5. The van der Waals surface area contributed by atoms with E-state index in [4.69, 9.17) is 0 Å². The average molecular weight is 407 g/mol. The fraction of sp³-hybridized carbons (Fsp3) is 0.611. The number of piperazine rings is 1. The van der Waals surface area contributed by atoms with Gasteiger partial charge >= 0.3 is 0 Å². The third-order valence-electron chi connectivity index (χ3n) is 5.44. The van der Waals surface area contributed by atoms with Crippen molar-refractivity contribution in [3.05, 3.63) is 30.0 Å². The molecule has 0 aromatic carbocycles. The Balaban J connectivity index is 1.42. The molecule has 1 fully saturated rings. The largest absolute Gasteiger partial charge is 0.335 e. The Labute approximate surface area is 165 Å². The van der Waals surface area contributed by atoms with E-state index in [1.165, 1.54) is 10.6 Å². The molecule has 4 rings (SSSR count). The lowest BCUT2D eigenvalue weighted by Gasteiger charge is -2.33. The zero-order valence-electron chi connectivity index (χ0n) is 16.3. The summed E-state index contributed by atoms with van der Waals surface area (Å²) < 4.78 is 30.8. The second-order valence-electron chi connectivity index (χ2n) is 7.65. The van der Waals surface area contributed by atoms with E-state index in [0.29, 0.717) is 18.8 Å². The standard InChI is InChI=1S/C18H26N6O3S/c1-14(2)22-12-17(19-13-22)28(26,27)23-9-7-21(8-10-23)18(25)16-11-15-5-3-4-6-24(15)20-16/h11-14H,3-10H2,1-2H3. The summed E-state index contributed by atoms with van der Waals surface area (Å²) in [5.41, 5.74) is 1.57. The van der Waals surface area contributed by atoms with Crippen LogP contribution in [0.1, 0.15) is 48.9 Å². The maximum absolute atomic E-state index is 12.8. The third kappa shape index (κ3) is 3.46. The van der Waals surface area contributed by atoms with Crippen LogP contribution in [-0.2, 0) is 23.0 Å². The molecule has 0 radical (unpaired) electrons. The first kappa shape index (κ1) is 19.1. The van der Waals surface area contributed by atoms with Gasteiger partial charge in [0.1, 0.15) is 0 Å². The second kappa shape index (κ2) is 7.32. The van der Waals surface area contributed by atoms with Crippen LogP contribution in [0.2, 0.25) is 0 Å². The highest BCUT2D eigenvalue weighted by Gasteiger charge is 2.32. The Morgan fingerprint density at radius 2 is 1.86 bits per heavy atom. The third-order valence-corrected chi connectivity index (χ3v) is 7.22. The molecule has 0 unspecified atom stereocenters. The van der Waals surface area contributed by atoms with Gasteiger partial charge in [-0.25, -0.2) is 13.4 Å². The first-order valence-corrected chi connectivity index (χ1v) is 11.2. The van der Waals surface area contributed by atoms with E-state index in [2.05, 4.69) is 10.1 Å². The van der Waals surface area contributed by atoms with E-state index in [0.717, 1.165) is 31.5 Å². The van der Waals surface area contributed by atoms with Gasteiger partial charge in [-0.15, -0.1) is 0 Å². The zero-order valence-corrected chi connectivity index (χ0v) is 17.1. The number of amides is 1. The molecule has 2 aliphatic heterocycles. The van der Waals surface area contributed by atoms with Crippen molar-refractivity contribution in [3.8, 4) is 0 Å². The number of carbonyl (C=O) groups excluding carboxylic acids is 1. The van der Waals surface area contributed by atoms with Crippen LogP contribution in [0.5, 0.6) is 0 Å². The van der Waals surface area contributed by atoms with Crippen LogP contribution in [0.25, 0.3) is 0 Å². The molecular formula is C18H26N6O3S. The lowest BCUT2D eigenvalue weighted by atomic mass is 10.1. The van der Waals surface area contributed by atoms with Gasteiger partial charge in [-0.2, -0.15) is 9.40 Å². The van der Waals surface area contributed by atoms with E-state index < -0.39 is 10.0 Å². The summed E-state index contributed by atoms with van der Waals surface area (Å²) in [6, 6.07) is 2.02. The smallest absolute Gasteiger partial charge is 0.274 e. The Bertz CT molecular complexity index is 946. The van der Waals surface area contributed by atoms with Crippen LogP contribution in [-0.4, -0.2) is 69.0 Å².